The van der Waals surface area contributed by atoms with Crippen molar-refractivity contribution in [2.24, 2.45) is 5.73 Å². The van der Waals surface area contributed by atoms with Gasteiger partial charge in [0.15, 0.2) is 0 Å². The van der Waals surface area contributed by atoms with Crippen molar-refractivity contribution in [3.05, 3.63) is 47.7 Å². The Labute approximate surface area is 109 Å². The number of ether oxygens (including phenoxy) is 1. The number of nitriles is 1. The largest absolute Gasteiger partial charge is 0.438 e. The number of carbonyl (C=O) groups excluding carboxylic acids is 1. The van der Waals surface area contributed by atoms with Crippen LogP contribution in [0.2, 0.25) is 0 Å². The number of benzene rings is 1. The molecule has 0 spiro atoms. The third-order valence-electron chi connectivity index (χ3n) is 2.33. The zero-order chi connectivity index (χ0) is 13.8. The van der Waals surface area contributed by atoms with Gasteiger partial charge in [-0.2, -0.15) is 5.26 Å². The molecule has 0 bridgehead atoms. The first-order valence-corrected chi connectivity index (χ1v) is 5.33. The summed E-state index contributed by atoms with van der Waals surface area (Å²) < 4.78 is 5.45. The highest BCUT2D eigenvalue weighted by Crippen LogP contribution is 2.24. The van der Waals surface area contributed by atoms with Gasteiger partial charge in [-0.15, -0.1) is 0 Å². The van der Waals surface area contributed by atoms with Crippen molar-refractivity contribution in [3.8, 4) is 17.7 Å². The predicted octanol–water partition coefficient (Wildman–Crippen LogP) is 1.43. The number of hydrogen-bond donors (Lipinski definition) is 2. The van der Waals surface area contributed by atoms with Gasteiger partial charge in [0.1, 0.15) is 17.4 Å². The number of nitrogens with zero attached hydrogens (tertiary/aromatic N) is 2. The molecule has 0 saturated carbocycles. The monoisotopic (exact) mass is 254 g/mol. The summed E-state index contributed by atoms with van der Waals surface area (Å²) in [5.74, 6) is -0.0698. The smallest absolute Gasteiger partial charge is 0.248 e. The van der Waals surface area contributed by atoms with Crippen LogP contribution in [0.4, 0.5) is 5.69 Å². The lowest BCUT2D eigenvalue weighted by Crippen LogP contribution is -2.10. The predicted molar refractivity (Wildman–Crippen MR) is 68.4 cm³/mol. The molecule has 0 aliphatic heterocycles. The Morgan fingerprint density at radius 1 is 1.37 bits per heavy atom. The minimum absolute atomic E-state index is 0.123. The van der Waals surface area contributed by atoms with Crippen LogP contribution in [-0.2, 0) is 0 Å². The first-order chi connectivity index (χ1) is 9.10. The molecule has 0 aliphatic carbocycles. The lowest BCUT2D eigenvalue weighted by atomic mass is 10.2. The molecule has 6 nitrogen and oxygen atoms in total. The molecule has 4 N–H and O–H groups in total. The summed E-state index contributed by atoms with van der Waals surface area (Å²) in [6.07, 6.45) is 1.38. The highest BCUT2D eigenvalue weighted by molar-refractivity contribution is 5.93. The zero-order valence-corrected chi connectivity index (χ0v) is 9.83. The van der Waals surface area contributed by atoms with Gasteiger partial charge >= 0.3 is 0 Å². The van der Waals surface area contributed by atoms with Crippen molar-refractivity contribution in [2.75, 3.05) is 5.73 Å². The Morgan fingerprint density at radius 2 is 2.16 bits per heavy atom. The Balaban J connectivity index is 2.34. The SMILES string of the molecule is N#Cc1cc(N)cnc1Oc1cccc(C(N)=O)c1. The van der Waals surface area contributed by atoms with Crippen molar-refractivity contribution in [2.45, 2.75) is 0 Å². The zero-order valence-electron chi connectivity index (χ0n) is 9.83. The number of rotatable bonds is 3. The molecule has 2 rings (SSSR count). The average molecular weight is 254 g/mol. The van der Waals surface area contributed by atoms with Crippen molar-refractivity contribution in [1.29, 1.82) is 5.26 Å². The summed E-state index contributed by atoms with van der Waals surface area (Å²) >= 11 is 0. The minimum Gasteiger partial charge on any atom is -0.438 e. The van der Waals surface area contributed by atoms with E-state index in [0.29, 0.717) is 17.0 Å². The lowest BCUT2D eigenvalue weighted by molar-refractivity contribution is 0.1000. The van der Waals surface area contributed by atoms with E-state index in [1.54, 1.807) is 18.2 Å². The second kappa shape index (κ2) is 5.06. The van der Waals surface area contributed by atoms with Crippen LogP contribution >= 0.6 is 0 Å². The van der Waals surface area contributed by atoms with Gasteiger partial charge in [0.25, 0.3) is 0 Å². The van der Waals surface area contributed by atoms with Crippen molar-refractivity contribution >= 4 is 11.6 Å². The van der Waals surface area contributed by atoms with Crippen LogP contribution in [-0.4, -0.2) is 10.9 Å². The van der Waals surface area contributed by atoms with Gasteiger partial charge in [0.05, 0.1) is 11.9 Å². The highest BCUT2D eigenvalue weighted by atomic mass is 16.5. The molecule has 1 aromatic carbocycles. The molecule has 1 heterocycles. The van der Waals surface area contributed by atoms with Crippen LogP contribution in [0.15, 0.2) is 36.5 Å². The van der Waals surface area contributed by atoms with Crippen LogP contribution in [0.5, 0.6) is 11.6 Å². The quantitative estimate of drug-likeness (QED) is 0.859. The summed E-state index contributed by atoms with van der Waals surface area (Å²) in [5.41, 5.74) is 11.6. The molecule has 0 unspecified atom stereocenters. The van der Waals surface area contributed by atoms with E-state index in [0.717, 1.165) is 0 Å². The first kappa shape index (κ1) is 12.4. The van der Waals surface area contributed by atoms with Gasteiger partial charge in [-0.05, 0) is 24.3 Å². The molecule has 6 heteroatoms. The van der Waals surface area contributed by atoms with Crippen molar-refractivity contribution < 1.29 is 9.53 Å². The van der Waals surface area contributed by atoms with E-state index >= 15 is 0 Å². The van der Waals surface area contributed by atoms with E-state index in [4.69, 9.17) is 21.5 Å². The highest BCUT2D eigenvalue weighted by Gasteiger charge is 2.08. The molecule has 0 radical (unpaired) electrons. The number of hydrogen-bond acceptors (Lipinski definition) is 5. The van der Waals surface area contributed by atoms with E-state index in [9.17, 15) is 4.79 Å². The van der Waals surface area contributed by atoms with E-state index in [1.807, 2.05) is 6.07 Å². The maximum atomic E-state index is 11.1. The Bertz CT molecular complexity index is 677. The van der Waals surface area contributed by atoms with Gasteiger partial charge < -0.3 is 16.2 Å². The summed E-state index contributed by atoms with van der Waals surface area (Å²) in [6, 6.07) is 9.69. The second-order valence-electron chi connectivity index (χ2n) is 3.73. The molecule has 94 valence electrons. The van der Waals surface area contributed by atoms with Gasteiger partial charge in [0.2, 0.25) is 11.8 Å². The average Bonchev–Trinajstić information content (AvgIpc) is 2.41. The van der Waals surface area contributed by atoms with Crippen LogP contribution in [0.25, 0.3) is 0 Å². The van der Waals surface area contributed by atoms with Gasteiger partial charge in [-0.1, -0.05) is 6.07 Å². The molecule has 2 aromatic rings. The van der Waals surface area contributed by atoms with Crippen LogP contribution in [0.1, 0.15) is 15.9 Å². The molecule has 0 atom stereocenters. The molecular formula is C13H10N4O2. The standard InChI is InChI=1S/C13H10N4O2/c14-6-9-4-10(15)7-17-13(9)19-11-3-1-2-8(5-11)12(16)18/h1-5,7H,15H2,(H2,16,18). The summed E-state index contributed by atoms with van der Waals surface area (Å²) in [5, 5.41) is 8.96. The molecule has 0 fully saturated rings. The molecule has 1 amide bonds. The topological polar surface area (TPSA) is 115 Å². The van der Waals surface area contributed by atoms with E-state index in [1.165, 1.54) is 18.3 Å². The third kappa shape index (κ3) is 2.79. The fourth-order valence-electron chi connectivity index (χ4n) is 1.45. The number of pyridine rings is 1. The summed E-state index contributed by atoms with van der Waals surface area (Å²) in [7, 11) is 0. The molecule has 19 heavy (non-hydrogen) atoms. The maximum Gasteiger partial charge on any atom is 0.248 e. The number of primary amides is 1. The Morgan fingerprint density at radius 3 is 2.84 bits per heavy atom. The van der Waals surface area contributed by atoms with Gasteiger partial charge in [-0.25, -0.2) is 4.98 Å². The molecule has 0 aliphatic rings. The van der Waals surface area contributed by atoms with Crippen molar-refractivity contribution in [3.63, 3.8) is 0 Å². The van der Waals surface area contributed by atoms with Gasteiger partial charge in [-0.3, -0.25) is 4.79 Å². The number of amides is 1. The van der Waals surface area contributed by atoms with Crippen LogP contribution in [0, 0.1) is 11.3 Å². The number of aromatic nitrogens is 1. The Kier molecular flexibility index (Phi) is 3.30. The molecule has 1 aromatic heterocycles. The fourth-order valence-corrected chi connectivity index (χ4v) is 1.45. The first-order valence-electron chi connectivity index (χ1n) is 5.33. The van der Waals surface area contributed by atoms with E-state index in [-0.39, 0.29) is 11.4 Å². The number of anilines is 1. The van der Waals surface area contributed by atoms with Crippen molar-refractivity contribution in [1.82, 2.24) is 4.98 Å². The molecule has 0 saturated heterocycles. The van der Waals surface area contributed by atoms with E-state index in [2.05, 4.69) is 4.98 Å². The summed E-state index contributed by atoms with van der Waals surface area (Å²) in [6.45, 7) is 0. The normalized spacial score (nSPS) is 9.63. The minimum atomic E-state index is -0.559. The third-order valence-corrected chi connectivity index (χ3v) is 2.33. The fraction of sp³-hybridized carbons (Fsp3) is 0. The number of nitrogen functional groups attached to an aromatic ring is 1. The van der Waals surface area contributed by atoms with E-state index < -0.39 is 5.91 Å². The molecular weight excluding hydrogens is 244 g/mol. The van der Waals surface area contributed by atoms with Gasteiger partial charge in [0, 0.05) is 5.56 Å². The van der Waals surface area contributed by atoms with Crippen LogP contribution in [0.3, 0.4) is 0 Å². The maximum absolute atomic E-state index is 11.1. The lowest BCUT2D eigenvalue weighted by Gasteiger charge is -2.07. The number of nitrogens with two attached hydrogens (primary N) is 2. The number of carbonyl (C=O) groups is 1. The second-order valence-corrected chi connectivity index (χ2v) is 3.73. The summed E-state index contributed by atoms with van der Waals surface area (Å²) in [4.78, 5) is 15.0. The van der Waals surface area contributed by atoms with Crippen LogP contribution < -0.4 is 16.2 Å². The Hall–Kier alpha value is -3.07.